The van der Waals surface area contributed by atoms with Crippen molar-refractivity contribution in [2.24, 2.45) is 0 Å². The fourth-order valence-electron chi connectivity index (χ4n) is 2.52. The van der Waals surface area contributed by atoms with E-state index in [-0.39, 0.29) is 16.3 Å². The van der Waals surface area contributed by atoms with E-state index in [9.17, 15) is 61.9 Å². The molecule has 16 heteroatoms. The van der Waals surface area contributed by atoms with E-state index in [0.717, 1.165) is 12.1 Å². The summed E-state index contributed by atoms with van der Waals surface area (Å²) in [4.78, 5) is 11.6. The van der Waals surface area contributed by atoms with E-state index in [1.807, 2.05) is 0 Å². The second kappa shape index (κ2) is 7.62. The first kappa shape index (κ1) is 26.4. The lowest BCUT2D eigenvalue weighted by atomic mass is 9.92. The Kier molecular flexibility index (Phi) is 6.10. The number of nitrogens with zero attached hydrogens (tertiary/aromatic N) is 2. The molecule has 184 valence electrons. The molecule has 0 bridgehead atoms. The summed E-state index contributed by atoms with van der Waals surface area (Å²) < 4.78 is 173. The Bertz CT molecular complexity index is 1030. The van der Waals surface area contributed by atoms with E-state index in [1.165, 1.54) is 18.2 Å². The highest BCUT2D eigenvalue weighted by Crippen LogP contribution is 2.62. The van der Waals surface area contributed by atoms with Gasteiger partial charge in [-0.05, 0) is 6.07 Å². The fourth-order valence-corrected chi connectivity index (χ4v) is 2.52. The lowest BCUT2D eigenvalue weighted by Gasteiger charge is -2.39. The third-order valence-corrected chi connectivity index (χ3v) is 4.33. The van der Waals surface area contributed by atoms with Gasteiger partial charge in [-0.2, -0.15) is 66.9 Å². The zero-order chi connectivity index (χ0) is 25.8. The maximum atomic E-state index is 14.3. The maximum absolute atomic E-state index is 14.3. The molecule has 0 N–H and O–H groups in total. The van der Waals surface area contributed by atoms with Crippen LogP contribution in [0.1, 0.15) is 17.4 Å². The van der Waals surface area contributed by atoms with Crippen molar-refractivity contribution in [1.82, 2.24) is 9.78 Å². The molecule has 0 saturated carbocycles. The molecule has 33 heavy (non-hydrogen) atoms. The molecule has 1 aromatic heterocycles. The summed E-state index contributed by atoms with van der Waals surface area (Å²) >= 11 is 0. The molecule has 0 aliphatic rings. The van der Waals surface area contributed by atoms with Crippen molar-refractivity contribution in [2.75, 3.05) is 0 Å². The zero-order valence-corrected chi connectivity index (χ0v) is 15.7. The van der Waals surface area contributed by atoms with Gasteiger partial charge in [0.2, 0.25) is 5.91 Å². The minimum Gasteiger partial charge on any atom is -0.273 e. The topological polar surface area (TPSA) is 34.9 Å². The van der Waals surface area contributed by atoms with Crippen LogP contribution in [0.15, 0.2) is 36.4 Å². The van der Waals surface area contributed by atoms with Crippen LogP contribution in [-0.4, -0.2) is 45.6 Å². The van der Waals surface area contributed by atoms with Gasteiger partial charge in [0, 0.05) is 12.5 Å². The standard InChI is InChI=1S/C17H9F13N2O/c1-8(33)32-10(9-5-3-2-4-6-9)7-11(31-32)12(18,19)13(20,21)14(22,23)15(24,25)16(26,27)17(28,29)30/h2-7H,1H3. The molecule has 0 atom stereocenters. The summed E-state index contributed by atoms with van der Waals surface area (Å²) in [6.07, 6.45) is -7.50. The van der Waals surface area contributed by atoms with Crippen LogP contribution in [-0.2, 0) is 5.92 Å². The first-order valence-corrected chi connectivity index (χ1v) is 8.27. The van der Waals surface area contributed by atoms with Crippen molar-refractivity contribution in [3.05, 3.63) is 42.1 Å². The van der Waals surface area contributed by atoms with Gasteiger partial charge in [0.1, 0.15) is 5.69 Å². The average molecular weight is 504 g/mol. The molecule has 0 saturated heterocycles. The van der Waals surface area contributed by atoms with Crippen LogP contribution in [0.3, 0.4) is 0 Å². The van der Waals surface area contributed by atoms with Crippen molar-refractivity contribution in [3.8, 4) is 11.3 Å². The normalized spacial score (nSPS) is 14.5. The predicted octanol–water partition coefficient (Wildman–Crippen LogP) is 6.41. The molecule has 0 amide bonds. The maximum Gasteiger partial charge on any atom is 0.460 e. The molecule has 2 aromatic rings. The minimum absolute atomic E-state index is 0.00470. The smallest absolute Gasteiger partial charge is 0.273 e. The van der Waals surface area contributed by atoms with Gasteiger partial charge in [-0.15, -0.1) is 0 Å². The highest BCUT2D eigenvalue weighted by molar-refractivity contribution is 5.81. The number of hydrogen-bond acceptors (Lipinski definition) is 2. The Morgan fingerprint density at radius 2 is 1.18 bits per heavy atom. The third kappa shape index (κ3) is 3.72. The van der Waals surface area contributed by atoms with Crippen LogP contribution in [0.5, 0.6) is 0 Å². The van der Waals surface area contributed by atoms with Crippen LogP contribution < -0.4 is 0 Å². The van der Waals surface area contributed by atoms with Gasteiger partial charge in [-0.1, -0.05) is 30.3 Å². The average Bonchev–Trinajstić information content (AvgIpc) is 3.13. The zero-order valence-electron chi connectivity index (χ0n) is 15.7. The molecule has 2 rings (SSSR count). The minimum atomic E-state index is -8.02. The summed E-state index contributed by atoms with van der Waals surface area (Å²) in [5.41, 5.74) is -3.36. The van der Waals surface area contributed by atoms with Gasteiger partial charge in [0.15, 0.2) is 0 Å². The lowest BCUT2D eigenvalue weighted by molar-refractivity contribution is -0.442. The van der Waals surface area contributed by atoms with Crippen molar-refractivity contribution in [2.45, 2.75) is 42.7 Å². The third-order valence-electron chi connectivity index (χ3n) is 4.33. The Balaban J connectivity index is 2.69. The van der Waals surface area contributed by atoms with Crippen LogP contribution in [0.2, 0.25) is 0 Å². The van der Waals surface area contributed by atoms with Crippen molar-refractivity contribution >= 4 is 5.91 Å². The van der Waals surface area contributed by atoms with Gasteiger partial charge in [0.05, 0.1) is 5.69 Å². The SMILES string of the molecule is CC(=O)n1nc(C(F)(F)C(F)(F)C(F)(F)C(F)(F)C(F)(F)C(F)(F)F)cc1-c1ccccc1. The summed E-state index contributed by atoms with van der Waals surface area (Å²) in [5.74, 6) is -39.1. The summed E-state index contributed by atoms with van der Waals surface area (Å²) in [5, 5.41) is 2.68. The summed E-state index contributed by atoms with van der Waals surface area (Å²) in [6, 6.07) is 6.03. The van der Waals surface area contributed by atoms with Crippen LogP contribution in [0.4, 0.5) is 57.1 Å². The number of aromatic nitrogens is 2. The van der Waals surface area contributed by atoms with Gasteiger partial charge in [0.25, 0.3) is 0 Å². The van der Waals surface area contributed by atoms with Gasteiger partial charge < -0.3 is 0 Å². The first-order chi connectivity index (χ1) is 14.6. The number of hydrogen-bond donors (Lipinski definition) is 0. The molecular formula is C17H9F13N2O. The lowest BCUT2D eigenvalue weighted by Crippen LogP contribution is -2.69. The molecular weight excluding hydrogens is 495 g/mol. The van der Waals surface area contributed by atoms with E-state index in [1.54, 1.807) is 0 Å². The predicted molar refractivity (Wildman–Crippen MR) is 83.7 cm³/mol. The number of benzene rings is 1. The van der Waals surface area contributed by atoms with E-state index in [0.29, 0.717) is 6.92 Å². The Labute approximate surface area is 174 Å². The molecule has 0 aliphatic heterocycles. The molecule has 0 unspecified atom stereocenters. The fraction of sp³-hybridized carbons (Fsp3) is 0.412. The number of alkyl halides is 13. The van der Waals surface area contributed by atoms with Crippen molar-refractivity contribution < 1.29 is 61.9 Å². The van der Waals surface area contributed by atoms with Crippen LogP contribution in [0.25, 0.3) is 11.3 Å². The Morgan fingerprint density at radius 3 is 1.61 bits per heavy atom. The van der Waals surface area contributed by atoms with E-state index in [4.69, 9.17) is 0 Å². The monoisotopic (exact) mass is 504 g/mol. The van der Waals surface area contributed by atoms with Crippen LogP contribution in [0, 0.1) is 0 Å². The molecule has 1 aromatic carbocycles. The van der Waals surface area contributed by atoms with Crippen LogP contribution >= 0.6 is 0 Å². The van der Waals surface area contributed by atoms with Gasteiger partial charge in [-0.25, -0.2) is 0 Å². The second-order valence-electron chi connectivity index (χ2n) is 6.58. The van der Waals surface area contributed by atoms with Crippen molar-refractivity contribution in [3.63, 3.8) is 0 Å². The summed E-state index contributed by atoms with van der Waals surface area (Å²) in [7, 11) is 0. The highest BCUT2D eigenvalue weighted by Gasteiger charge is 2.91. The Morgan fingerprint density at radius 1 is 0.727 bits per heavy atom. The van der Waals surface area contributed by atoms with E-state index >= 15 is 0 Å². The first-order valence-electron chi connectivity index (χ1n) is 8.27. The molecule has 0 aliphatic carbocycles. The quantitative estimate of drug-likeness (QED) is 0.427. The highest BCUT2D eigenvalue weighted by atomic mass is 19.4. The Hall–Kier alpha value is -2.81. The number of rotatable bonds is 6. The van der Waals surface area contributed by atoms with Gasteiger partial charge in [-0.3, -0.25) is 4.79 Å². The molecule has 3 nitrogen and oxygen atoms in total. The number of carbonyl (C=O) groups excluding carboxylic acids is 1. The largest absolute Gasteiger partial charge is 0.460 e. The van der Waals surface area contributed by atoms with Crippen molar-refractivity contribution in [1.29, 1.82) is 0 Å². The molecule has 0 fully saturated rings. The second-order valence-corrected chi connectivity index (χ2v) is 6.58. The number of halogens is 13. The van der Waals surface area contributed by atoms with E-state index < -0.39 is 53.1 Å². The molecule has 0 radical (unpaired) electrons. The number of carbonyl (C=O) groups is 1. The van der Waals surface area contributed by atoms with Gasteiger partial charge >= 0.3 is 35.8 Å². The molecule has 0 spiro atoms. The molecule has 1 heterocycles. The summed E-state index contributed by atoms with van der Waals surface area (Å²) in [6.45, 7) is 0.659. The van der Waals surface area contributed by atoms with E-state index in [2.05, 4.69) is 5.10 Å².